The molecule has 0 atom stereocenters. The third-order valence-electron chi connectivity index (χ3n) is 4.56. The van der Waals surface area contributed by atoms with Crippen molar-refractivity contribution in [3.8, 4) is 23.1 Å². The van der Waals surface area contributed by atoms with E-state index in [0.29, 0.717) is 47.4 Å². The smallest absolute Gasteiger partial charge is 0.416 e. The van der Waals surface area contributed by atoms with Gasteiger partial charge >= 0.3 is 6.18 Å². The van der Waals surface area contributed by atoms with Gasteiger partial charge in [-0.25, -0.2) is 9.97 Å². The molecule has 10 heteroatoms. The Morgan fingerprint density at radius 1 is 1.03 bits per heavy atom. The Hall–Kier alpha value is -3.95. The summed E-state index contributed by atoms with van der Waals surface area (Å²) >= 11 is 0. The average molecular weight is 428 g/mol. The Balaban J connectivity index is 1.44. The van der Waals surface area contributed by atoms with Crippen molar-refractivity contribution in [2.45, 2.75) is 6.18 Å². The third-order valence-corrected chi connectivity index (χ3v) is 4.56. The summed E-state index contributed by atoms with van der Waals surface area (Å²) in [5, 5.41) is 3.06. The van der Waals surface area contributed by atoms with Crippen LogP contribution in [0.15, 0.2) is 54.7 Å². The van der Waals surface area contributed by atoms with Gasteiger partial charge in [0.25, 0.3) is 0 Å². The maximum Gasteiger partial charge on any atom is 0.416 e. The lowest BCUT2D eigenvalue weighted by Gasteiger charge is -2.18. The number of pyridine rings is 1. The van der Waals surface area contributed by atoms with Gasteiger partial charge in [0.1, 0.15) is 30.2 Å². The van der Waals surface area contributed by atoms with Gasteiger partial charge in [0.05, 0.1) is 11.1 Å². The van der Waals surface area contributed by atoms with E-state index in [1.54, 1.807) is 24.3 Å². The van der Waals surface area contributed by atoms with Crippen LogP contribution in [-0.2, 0) is 6.18 Å². The van der Waals surface area contributed by atoms with Gasteiger partial charge in [-0.3, -0.25) is 0 Å². The Morgan fingerprint density at radius 3 is 2.77 bits per heavy atom. The lowest BCUT2D eigenvalue weighted by atomic mass is 10.2. The van der Waals surface area contributed by atoms with Crippen molar-refractivity contribution in [3.05, 3.63) is 60.3 Å². The van der Waals surface area contributed by atoms with Crippen molar-refractivity contribution in [2.24, 2.45) is 0 Å². The molecule has 158 valence electrons. The van der Waals surface area contributed by atoms with Gasteiger partial charge in [-0.15, -0.1) is 0 Å². The summed E-state index contributed by atoms with van der Waals surface area (Å²) < 4.78 is 55.8. The lowest BCUT2D eigenvalue weighted by molar-refractivity contribution is -0.137. The zero-order valence-electron chi connectivity index (χ0n) is 15.9. The number of alkyl halides is 3. The number of imidazole rings is 1. The van der Waals surface area contributed by atoms with Gasteiger partial charge in [0.2, 0.25) is 11.8 Å². The highest BCUT2D eigenvalue weighted by molar-refractivity contribution is 5.87. The topological polar surface area (TPSA) is 81.3 Å². The number of fused-ring (bicyclic) bond motifs is 3. The van der Waals surface area contributed by atoms with Gasteiger partial charge < -0.3 is 24.5 Å². The molecular formula is C21H15F3N4O3. The van der Waals surface area contributed by atoms with Crippen molar-refractivity contribution in [1.29, 1.82) is 0 Å². The molecule has 0 spiro atoms. The van der Waals surface area contributed by atoms with Gasteiger partial charge in [-0.2, -0.15) is 13.2 Å². The molecule has 0 aliphatic carbocycles. The fourth-order valence-corrected chi connectivity index (χ4v) is 3.19. The van der Waals surface area contributed by atoms with Crippen molar-refractivity contribution < 1.29 is 27.4 Å². The first-order valence-corrected chi connectivity index (χ1v) is 9.33. The first-order valence-electron chi connectivity index (χ1n) is 9.33. The molecule has 0 saturated carbocycles. The Kier molecular flexibility index (Phi) is 4.54. The number of nitrogens with zero attached hydrogens (tertiary/aromatic N) is 2. The first-order chi connectivity index (χ1) is 15.0. The monoisotopic (exact) mass is 428 g/mol. The van der Waals surface area contributed by atoms with Crippen molar-refractivity contribution >= 4 is 22.7 Å². The highest BCUT2D eigenvalue weighted by atomic mass is 19.4. The SMILES string of the molecule is FC(F)(F)c1cccc(Oc2ncccc2Nc2nc3ccc4c(c3[nH]2)OCCO4)c1. The number of H-pyrrole nitrogens is 1. The largest absolute Gasteiger partial charge is 0.486 e. The highest BCUT2D eigenvalue weighted by Gasteiger charge is 2.30. The van der Waals surface area contributed by atoms with E-state index in [9.17, 15) is 13.2 Å². The molecule has 7 nitrogen and oxygen atoms in total. The second-order valence-corrected chi connectivity index (χ2v) is 6.68. The molecule has 1 aliphatic heterocycles. The van der Waals surface area contributed by atoms with Crippen LogP contribution in [0.5, 0.6) is 23.1 Å². The molecule has 0 radical (unpaired) electrons. The molecule has 0 saturated heterocycles. The van der Waals surface area contributed by atoms with E-state index >= 15 is 0 Å². The van der Waals surface area contributed by atoms with E-state index in [2.05, 4.69) is 20.3 Å². The second-order valence-electron chi connectivity index (χ2n) is 6.68. The molecule has 0 unspecified atom stereocenters. The van der Waals surface area contributed by atoms with E-state index in [0.717, 1.165) is 12.1 Å². The molecule has 4 aromatic rings. The van der Waals surface area contributed by atoms with Crippen molar-refractivity contribution in [1.82, 2.24) is 15.0 Å². The van der Waals surface area contributed by atoms with Crippen LogP contribution in [0.25, 0.3) is 11.0 Å². The molecule has 0 bridgehead atoms. The minimum atomic E-state index is -4.47. The molecular weight excluding hydrogens is 413 g/mol. The Bertz CT molecular complexity index is 1260. The standard InChI is InChI=1S/C21H15F3N4O3/c22-21(23,24)12-3-1-4-13(11-12)31-19-15(5-2-8-25-19)27-20-26-14-6-7-16-18(17(14)28-20)30-10-9-29-16/h1-8,11H,9-10H2,(H2,26,27,28). The fraction of sp³-hybridized carbons (Fsp3) is 0.143. The maximum absolute atomic E-state index is 13.0. The highest BCUT2D eigenvalue weighted by Crippen LogP contribution is 2.38. The van der Waals surface area contributed by atoms with E-state index in [1.807, 2.05) is 0 Å². The molecule has 31 heavy (non-hydrogen) atoms. The molecule has 5 rings (SSSR count). The van der Waals surface area contributed by atoms with Crippen LogP contribution in [0.1, 0.15) is 5.56 Å². The molecule has 0 amide bonds. The number of hydrogen-bond donors (Lipinski definition) is 2. The van der Waals surface area contributed by atoms with Crippen molar-refractivity contribution in [2.75, 3.05) is 18.5 Å². The number of aromatic amines is 1. The molecule has 0 fully saturated rings. The van der Waals surface area contributed by atoms with Gasteiger partial charge in [0.15, 0.2) is 11.5 Å². The van der Waals surface area contributed by atoms with Crippen LogP contribution in [0.2, 0.25) is 0 Å². The summed E-state index contributed by atoms with van der Waals surface area (Å²) in [7, 11) is 0. The van der Waals surface area contributed by atoms with Crippen LogP contribution in [0.3, 0.4) is 0 Å². The zero-order chi connectivity index (χ0) is 21.4. The predicted molar refractivity (Wildman–Crippen MR) is 106 cm³/mol. The van der Waals surface area contributed by atoms with Gasteiger partial charge in [0, 0.05) is 6.20 Å². The van der Waals surface area contributed by atoms with Crippen LogP contribution in [0, 0.1) is 0 Å². The zero-order valence-corrected chi connectivity index (χ0v) is 15.9. The van der Waals surface area contributed by atoms with Gasteiger partial charge in [-0.1, -0.05) is 6.07 Å². The number of aromatic nitrogens is 3. The lowest BCUT2D eigenvalue weighted by Crippen LogP contribution is -2.15. The average Bonchev–Trinajstić information content (AvgIpc) is 3.18. The quantitative estimate of drug-likeness (QED) is 0.460. The number of halogens is 3. The minimum absolute atomic E-state index is 0.0146. The van der Waals surface area contributed by atoms with E-state index < -0.39 is 11.7 Å². The van der Waals surface area contributed by atoms with Crippen LogP contribution >= 0.6 is 0 Å². The summed E-state index contributed by atoms with van der Waals surface area (Å²) in [4.78, 5) is 11.7. The number of rotatable bonds is 4. The van der Waals surface area contributed by atoms with Crippen LogP contribution in [0.4, 0.5) is 24.8 Å². The summed E-state index contributed by atoms with van der Waals surface area (Å²) in [5.41, 5.74) is 0.949. The number of ether oxygens (including phenoxy) is 3. The van der Waals surface area contributed by atoms with Crippen molar-refractivity contribution in [3.63, 3.8) is 0 Å². The van der Waals surface area contributed by atoms with Gasteiger partial charge in [-0.05, 0) is 42.5 Å². The predicted octanol–water partition coefficient (Wildman–Crippen LogP) is 5.28. The molecule has 2 N–H and O–H groups in total. The van der Waals surface area contributed by atoms with E-state index in [-0.39, 0.29) is 11.6 Å². The second kappa shape index (κ2) is 7.38. The number of nitrogens with one attached hydrogen (secondary N) is 2. The number of benzene rings is 2. The molecule has 2 aromatic carbocycles. The summed E-state index contributed by atoms with van der Waals surface area (Å²) in [6.45, 7) is 0.912. The fourth-order valence-electron chi connectivity index (χ4n) is 3.19. The molecule has 3 heterocycles. The summed E-state index contributed by atoms with van der Waals surface area (Å²) in [6, 6.07) is 11.5. The molecule has 1 aliphatic rings. The summed E-state index contributed by atoms with van der Waals surface area (Å²) in [6.07, 6.45) is -2.99. The molecule has 2 aromatic heterocycles. The maximum atomic E-state index is 13.0. The summed E-state index contributed by atoms with van der Waals surface area (Å²) in [5.74, 6) is 1.71. The van der Waals surface area contributed by atoms with E-state index in [4.69, 9.17) is 14.2 Å². The number of anilines is 2. The minimum Gasteiger partial charge on any atom is -0.486 e. The Labute approximate surface area is 173 Å². The van der Waals surface area contributed by atoms with E-state index in [1.165, 1.54) is 18.3 Å². The number of hydrogen-bond acceptors (Lipinski definition) is 6. The Morgan fingerprint density at radius 2 is 1.90 bits per heavy atom. The third kappa shape index (κ3) is 3.79. The first kappa shape index (κ1) is 19.0. The van der Waals surface area contributed by atoms with Crippen LogP contribution in [-0.4, -0.2) is 28.2 Å². The van der Waals surface area contributed by atoms with Crippen LogP contribution < -0.4 is 19.5 Å². The normalized spacial score (nSPS) is 13.3.